The quantitative estimate of drug-likeness (QED) is 0.729. The minimum absolute atomic E-state index is 0.265. The second-order valence-corrected chi connectivity index (χ2v) is 6.78. The predicted octanol–water partition coefficient (Wildman–Crippen LogP) is 2.28. The third-order valence-corrected chi connectivity index (χ3v) is 5.62. The zero-order valence-electron chi connectivity index (χ0n) is 10.9. The van der Waals surface area contributed by atoms with Crippen LogP contribution in [0.1, 0.15) is 26.2 Å². The lowest BCUT2D eigenvalue weighted by atomic mass is 9.79. The highest BCUT2D eigenvalue weighted by Crippen LogP contribution is 2.42. The fourth-order valence-corrected chi connectivity index (χ4v) is 4.49. The Morgan fingerprint density at radius 1 is 1.33 bits per heavy atom. The van der Waals surface area contributed by atoms with Crippen molar-refractivity contribution in [1.29, 1.82) is 0 Å². The zero-order valence-corrected chi connectivity index (χ0v) is 11.7. The topological polar surface area (TPSA) is 29.5 Å². The summed E-state index contributed by atoms with van der Waals surface area (Å²) in [6, 6.07) is 0. The molecular formula is C14H21NO2S. The highest BCUT2D eigenvalue weighted by molar-refractivity contribution is 8.02. The number of Topliss-reactive ketones (excluding diaryl/α,β-unsaturated/α-hetero) is 1. The number of allylic oxidation sites excluding steroid dienone is 1. The molecule has 0 aromatic heterocycles. The molecule has 1 aliphatic carbocycles. The molecule has 0 bridgehead atoms. The molecule has 0 radical (unpaired) electrons. The molecule has 0 aromatic carbocycles. The summed E-state index contributed by atoms with van der Waals surface area (Å²) in [5.74, 6) is 1.37. The number of morpholine rings is 1. The first-order chi connectivity index (χ1) is 8.75. The molecule has 1 saturated carbocycles. The smallest absolute Gasteiger partial charge is 0.183 e. The van der Waals surface area contributed by atoms with E-state index in [9.17, 15) is 4.79 Å². The van der Waals surface area contributed by atoms with Crippen molar-refractivity contribution in [3.05, 3.63) is 11.1 Å². The highest BCUT2D eigenvalue weighted by Gasteiger charge is 2.39. The fraction of sp³-hybridized carbons (Fsp3) is 0.786. The second-order valence-electron chi connectivity index (χ2n) is 5.67. The van der Waals surface area contributed by atoms with Crippen LogP contribution in [-0.4, -0.2) is 42.2 Å². The number of hydrogen-bond donors (Lipinski definition) is 0. The van der Waals surface area contributed by atoms with Crippen LogP contribution in [0.25, 0.3) is 0 Å². The molecule has 0 amide bonds. The summed E-state index contributed by atoms with van der Waals surface area (Å²) >= 11 is 1.89. The molecule has 4 heteroatoms. The van der Waals surface area contributed by atoms with E-state index in [1.165, 1.54) is 12.8 Å². The lowest BCUT2D eigenvalue weighted by Crippen LogP contribution is -2.43. The molecule has 2 heterocycles. The number of thioether (sulfide) groups is 1. The van der Waals surface area contributed by atoms with Crippen molar-refractivity contribution in [3.8, 4) is 0 Å². The Labute approximate surface area is 113 Å². The Kier molecular flexibility index (Phi) is 3.66. The Hall–Kier alpha value is -0.480. The van der Waals surface area contributed by atoms with Crippen molar-refractivity contribution < 1.29 is 9.53 Å². The van der Waals surface area contributed by atoms with Gasteiger partial charge in [-0.25, -0.2) is 0 Å². The molecule has 2 aliphatic heterocycles. The normalized spacial score (nSPS) is 37.2. The van der Waals surface area contributed by atoms with E-state index in [-0.39, 0.29) is 5.92 Å². The SMILES string of the molecule is CC1CCC2SC=C(N3CCOCC3)C(=O)C2C1. The van der Waals surface area contributed by atoms with E-state index in [2.05, 4.69) is 17.2 Å². The first kappa shape index (κ1) is 12.5. The number of ether oxygens (including phenoxy) is 1. The molecular weight excluding hydrogens is 246 g/mol. The summed E-state index contributed by atoms with van der Waals surface area (Å²) in [4.78, 5) is 14.9. The fourth-order valence-electron chi connectivity index (χ4n) is 3.23. The minimum Gasteiger partial charge on any atom is -0.378 e. The highest BCUT2D eigenvalue weighted by atomic mass is 32.2. The van der Waals surface area contributed by atoms with Gasteiger partial charge in [-0.3, -0.25) is 4.79 Å². The van der Waals surface area contributed by atoms with Gasteiger partial charge in [-0.1, -0.05) is 6.92 Å². The number of carbonyl (C=O) groups excluding carboxylic acids is 1. The van der Waals surface area contributed by atoms with E-state index in [1.807, 2.05) is 11.8 Å². The summed E-state index contributed by atoms with van der Waals surface area (Å²) in [6.45, 7) is 5.51. The lowest BCUT2D eigenvalue weighted by Gasteiger charge is -2.39. The molecule has 3 rings (SSSR count). The largest absolute Gasteiger partial charge is 0.378 e. The molecule has 0 spiro atoms. The van der Waals surface area contributed by atoms with Crippen LogP contribution in [0.2, 0.25) is 0 Å². The van der Waals surface area contributed by atoms with Gasteiger partial charge in [0, 0.05) is 24.3 Å². The van der Waals surface area contributed by atoms with E-state index >= 15 is 0 Å². The third-order valence-electron chi connectivity index (χ3n) is 4.34. The average Bonchev–Trinajstić information content (AvgIpc) is 2.41. The van der Waals surface area contributed by atoms with Gasteiger partial charge in [0.05, 0.1) is 18.9 Å². The van der Waals surface area contributed by atoms with E-state index in [4.69, 9.17) is 4.74 Å². The summed E-state index contributed by atoms with van der Waals surface area (Å²) in [7, 11) is 0. The van der Waals surface area contributed by atoms with Crippen molar-refractivity contribution in [3.63, 3.8) is 0 Å². The van der Waals surface area contributed by atoms with Gasteiger partial charge in [-0.05, 0) is 30.6 Å². The van der Waals surface area contributed by atoms with Crippen molar-refractivity contribution in [2.45, 2.75) is 31.4 Å². The molecule has 1 saturated heterocycles. The molecule has 18 heavy (non-hydrogen) atoms. The molecule has 3 nitrogen and oxygen atoms in total. The summed E-state index contributed by atoms with van der Waals surface area (Å²) in [5.41, 5.74) is 0.957. The maximum absolute atomic E-state index is 12.6. The number of ketones is 1. The minimum atomic E-state index is 0.265. The lowest BCUT2D eigenvalue weighted by molar-refractivity contribution is -0.122. The number of fused-ring (bicyclic) bond motifs is 1. The van der Waals surface area contributed by atoms with Crippen LogP contribution in [-0.2, 0) is 9.53 Å². The summed E-state index contributed by atoms with van der Waals surface area (Å²) < 4.78 is 5.36. The number of carbonyl (C=O) groups is 1. The summed E-state index contributed by atoms with van der Waals surface area (Å²) in [6.07, 6.45) is 3.56. The number of nitrogens with zero attached hydrogens (tertiary/aromatic N) is 1. The van der Waals surface area contributed by atoms with Crippen LogP contribution >= 0.6 is 11.8 Å². The molecule has 3 atom stereocenters. The van der Waals surface area contributed by atoms with Crippen molar-refractivity contribution in [2.24, 2.45) is 11.8 Å². The molecule has 100 valence electrons. The van der Waals surface area contributed by atoms with Gasteiger partial charge in [0.15, 0.2) is 5.78 Å². The van der Waals surface area contributed by atoms with Crippen LogP contribution in [0, 0.1) is 11.8 Å². The number of rotatable bonds is 1. The molecule has 2 fully saturated rings. The zero-order chi connectivity index (χ0) is 12.5. The second kappa shape index (κ2) is 5.25. The van der Waals surface area contributed by atoms with Gasteiger partial charge in [-0.2, -0.15) is 0 Å². The van der Waals surface area contributed by atoms with E-state index in [0.29, 0.717) is 17.0 Å². The predicted molar refractivity (Wildman–Crippen MR) is 73.4 cm³/mol. The van der Waals surface area contributed by atoms with Crippen molar-refractivity contribution >= 4 is 17.5 Å². The molecule has 3 aliphatic rings. The van der Waals surface area contributed by atoms with Gasteiger partial charge in [0.25, 0.3) is 0 Å². The van der Waals surface area contributed by atoms with Gasteiger partial charge in [0.1, 0.15) is 0 Å². The van der Waals surface area contributed by atoms with Gasteiger partial charge >= 0.3 is 0 Å². The van der Waals surface area contributed by atoms with Crippen LogP contribution in [0.5, 0.6) is 0 Å². The Morgan fingerprint density at radius 3 is 2.89 bits per heavy atom. The van der Waals surface area contributed by atoms with Gasteiger partial charge in [-0.15, -0.1) is 11.8 Å². The average molecular weight is 267 g/mol. The monoisotopic (exact) mass is 267 g/mol. The maximum atomic E-state index is 12.6. The first-order valence-electron chi connectivity index (χ1n) is 6.98. The van der Waals surface area contributed by atoms with E-state index in [1.54, 1.807) is 0 Å². The van der Waals surface area contributed by atoms with Crippen molar-refractivity contribution in [1.82, 2.24) is 4.90 Å². The van der Waals surface area contributed by atoms with Crippen molar-refractivity contribution in [2.75, 3.05) is 26.3 Å². The van der Waals surface area contributed by atoms with Gasteiger partial charge < -0.3 is 9.64 Å². The van der Waals surface area contributed by atoms with Crippen LogP contribution in [0.4, 0.5) is 0 Å². The van der Waals surface area contributed by atoms with Gasteiger partial charge in [0.2, 0.25) is 0 Å². The number of hydrogen-bond acceptors (Lipinski definition) is 4. The Bertz CT molecular complexity index is 363. The van der Waals surface area contributed by atoms with Crippen LogP contribution < -0.4 is 0 Å². The Balaban J connectivity index is 1.75. The van der Waals surface area contributed by atoms with Crippen LogP contribution in [0.3, 0.4) is 0 Å². The maximum Gasteiger partial charge on any atom is 0.183 e. The van der Waals surface area contributed by atoms with E-state index in [0.717, 1.165) is 38.4 Å². The van der Waals surface area contributed by atoms with Crippen LogP contribution in [0.15, 0.2) is 11.1 Å². The Morgan fingerprint density at radius 2 is 2.11 bits per heavy atom. The molecule has 0 N–H and O–H groups in total. The standard InChI is InChI=1S/C14H21NO2S/c1-10-2-3-13-11(8-10)14(16)12(9-18-13)15-4-6-17-7-5-15/h9-11,13H,2-8H2,1H3. The molecule has 3 unspecified atom stereocenters. The van der Waals surface area contributed by atoms with E-state index < -0.39 is 0 Å². The first-order valence-corrected chi connectivity index (χ1v) is 7.92. The third kappa shape index (κ3) is 2.32. The summed E-state index contributed by atoms with van der Waals surface area (Å²) in [5, 5.41) is 2.66. The molecule has 0 aromatic rings.